The van der Waals surface area contributed by atoms with Crippen LogP contribution >= 0.6 is 0 Å². The fraction of sp³-hybridized carbons (Fsp3) is 0.467. The third kappa shape index (κ3) is 4.03. The summed E-state index contributed by atoms with van der Waals surface area (Å²) in [4.78, 5) is 13.3. The maximum Gasteiger partial charge on any atom is 0.244 e. The van der Waals surface area contributed by atoms with Crippen LogP contribution < -0.4 is 10.1 Å². The zero-order valence-corrected chi connectivity index (χ0v) is 13.3. The minimum Gasteiger partial charge on any atom is -0.497 e. The quantitative estimate of drug-likeness (QED) is 0.877. The van der Waals surface area contributed by atoms with Crippen molar-refractivity contribution >= 4 is 5.91 Å². The lowest BCUT2D eigenvalue weighted by Gasteiger charge is -2.24. The Balaban J connectivity index is 2.03. The summed E-state index contributed by atoms with van der Waals surface area (Å²) in [6.45, 7) is 6.02. The van der Waals surface area contributed by atoms with Gasteiger partial charge in [0, 0.05) is 11.1 Å². The monoisotopic (exact) mass is 303 g/mol. The minimum atomic E-state index is -0.240. The standard InChI is InChI=1S/C15H21N5O2/c1-5-15(2,3)16-13(21)10-20-18-14(17-19-20)11-6-8-12(22-4)9-7-11/h6-9H,5,10H2,1-4H3,(H,16,21). The summed E-state index contributed by atoms with van der Waals surface area (Å²) in [6, 6.07) is 7.35. The summed E-state index contributed by atoms with van der Waals surface area (Å²) in [5.41, 5.74) is 0.581. The van der Waals surface area contributed by atoms with E-state index in [1.807, 2.05) is 45.0 Å². The molecular weight excluding hydrogens is 282 g/mol. The number of amides is 1. The molecule has 0 atom stereocenters. The molecule has 1 amide bonds. The van der Waals surface area contributed by atoms with Gasteiger partial charge in [0.1, 0.15) is 12.3 Å². The van der Waals surface area contributed by atoms with Crippen LogP contribution in [0.15, 0.2) is 24.3 Å². The fourth-order valence-corrected chi connectivity index (χ4v) is 1.80. The molecule has 0 saturated carbocycles. The molecule has 1 heterocycles. The molecule has 22 heavy (non-hydrogen) atoms. The van der Waals surface area contributed by atoms with Gasteiger partial charge in [0.05, 0.1) is 7.11 Å². The van der Waals surface area contributed by atoms with E-state index in [0.29, 0.717) is 5.82 Å². The molecule has 1 aromatic carbocycles. The topological polar surface area (TPSA) is 81.9 Å². The van der Waals surface area contributed by atoms with Crippen molar-refractivity contribution < 1.29 is 9.53 Å². The number of hydrogen-bond acceptors (Lipinski definition) is 5. The number of aromatic nitrogens is 4. The van der Waals surface area contributed by atoms with Crippen molar-refractivity contribution in [2.45, 2.75) is 39.3 Å². The maximum atomic E-state index is 12.0. The largest absolute Gasteiger partial charge is 0.497 e. The predicted octanol–water partition coefficient (Wildman–Crippen LogP) is 1.65. The number of nitrogens with zero attached hydrogens (tertiary/aromatic N) is 4. The molecule has 2 rings (SSSR count). The van der Waals surface area contributed by atoms with Crippen LogP contribution in [0.1, 0.15) is 27.2 Å². The van der Waals surface area contributed by atoms with E-state index in [4.69, 9.17) is 4.74 Å². The maximum absolute atomic E-state index is 12.0. The Labute approximate surface area is 129 Å². The molecule has 7 nitrogen and oxygen atoms in total. The fourth-order valence-electron chi connectivity index (χ4n) is 1.80. The Morgan fingerprint density at radius 2 is 2.00 bits per heavy atom. The van der Waals surface area contributed by atoms with E-state index in [0.717, 1.165) is 17.7 Å². The number of benzene rings is 1. The van der Waals surface area contributed by atoms with Crippen LogP contribution in [0.4, 0.5) is 0 Å². The molecule has 1 aromatic heterocycles. The van der Waals surface area contributed by atoms with Crippen molar-refractivity contribution in [3.63, 3.8) is 0 Å². The normalized spacial score (nSPS) is 11.3. The first-order valence-corrected chi connectivity index (χ1v) is 7.17. The third-order valence-corrected chi connectivity index (χ3v) is 3.45. The SMILES string of the molecule is CCC(C)(C)NC(=O)Cn1nnc(-c2ccc(OC)cc2)n1. The molecule has 2 aromatic rings. The smallest absolute Gasteiger partial charge is 0.244 e. The van der Waals surface area contributed by atoms with Crippen LogP contribution in [-0.2, 0) is 11.3 Å². The van der Waals surface area contributed by atoms with Crippen molar-refractivity contribution in [1.82, 2.24) is 25.5 Å². The van der Waals surface area contributed by atoms with Crippen LogP contribution in [0.2, 0.25) is 0 Å². The number of methoxy groups -OCH3 is 1. The number of ether oxygens (including phenoxy) is 1. The second-order valence-electron chi connectivity index (χ2n) is 5.66. The van der Waals surface area contributed by atoms with Gasteiger partial charge in [0.2, 0.25) is 11.7 Å². The molecule has 118 valence electrons. The van der Waals surface area contributed by atoms with Gasteiger partial charge in [0.15, 0.2) is 0 Å². The number of carbonyl (C=O) groups is 1. The zero-order valence-electron chi connectivity index (χ0n) is 13.3. The van der Waals surface area contributed by atoms with E-state index in [2.05, 4.69) is 20.7 Å². The summed E-state index contributed by atoms with van der Waals surface area (Å²) in [5.74, 6) is 1.10. The second kappa shape index (κ2) is 6.55. The average molecular weight is 303 g/mol. The number of nitrogens with one attached hydrogen (secondary N) is 1. The summed E-state index contributed by atoms with van der Waals surface area (Å²) in [7, 11) is 1.61. The van der Waals surface area contributed by atoms with Gasteiger partial charge in [-0.2, -0.15) is 4.80 Å². The molecule has 0 unspecified atom stereocenters. The minimum absolute atomic E-state index is 0.0482. The number of tetrazole rings is 1. The third-order valence-electron chi connectivity index (χ3n) is 3.45. The molecule has 7 heteroatoms. The first kappa shape index (κ1) is 15.9. The molecule has 0 aliphatic rings. The van der Waals surface area contributed by atoms with Crippen molar-refractivity contribution in [1.29, 1.82) is 0 Å². The van der Waals surface area contributed by atoms with Crippen LogP contribution in [-0.4, -0.2) is 38.8 Å². The van der Waals surface area contributed by atoms with E-state index in [9.17, 15) is 4.79 Å². The Morgan fingerprint density at radius 3 is 2.59 bits per heavy atom. The lowest BCUT2D eigenvalue weighted by Crippen LogP contribution is -2.44. The van der Waals surface area contributed by atoms with Gasteiger partial charge in [-0.25, -0.2) is 0 Å². The number of carbonyl (C=O) groups excluding carboxylic acids is 1. The van der Waals surface area contributed by atoms with Gasteiger partial charge in [-0.15, -0.1) is 10.2 Å². The van der Waals surface area contributed by atoms with E-state index >= 15 is 0 Å². The second-order valence-corrected chi connectivity index (χ2v) is 5.66. The van der Waals surface area contributed by atoms with E-state index < -0.39 is 0 Å². The van der Waals surface area contributed by atoms with Gasteiger partial charge >= 0.3 is 0 Å². The molecule has 0 fully saturated rings. The molecule has 0 spiro atoms. The van der Waals surface area contributed by atoms with Gasteiger partial charge in [0.25, 0.3) is 0 Å². The van der Waals surface area contributed by atoms with Gasteiger partial charge in [-0.3, -0.25) is 4.79 Å². The van der Waals surface area contributed by atoms with Crippen molar-refractivity contribution in [3.8, 4) is 17.1 Å². The summed E-state index contributed by atoms with van der Waals surface area (Å²) in [6.07, 6.45) is 0.848. The molecule has 0 aliphatic heterocycles. The molecule has 1 N–H and O–H groups in total. The lowest BCUT2D eigenvalue weighted by atomic mass is 10.0. The Hall–Kier alpha value is -2.44. The predicted molar refractivity (Wildman–Crippen MR) is 82.3 cm³/mol. The van der Waals surface area contributed by atoms with Crippen molar-refractivity contribution in [2.24, 2.45) is 0 Å². The van der Waals surface area contributed by atoms with Crippen LogP contribution in [0.5, 0.6) is 5.75 Å². The first-order valence-electron chi connectivity index (χ1n) is 7.17. The first-order chi connectivity index (χ1) is 10.4. The average Bonchev–Trinajstić information content (AvgIpc) is 2.95. The van der Waals surface area contributed by atoms with E-state index in [1.54, 1.807) is 7.11 Å². The van der Waals surface area contributed by atoms with Gasteiger partial charge < -0.3 is 10.1 Å². The lowest BCUT2D eigenvalue weighted by molar-refractivity contribution is -0.123. The van der Waals surface area contributed by atoms with E-state index in [-0.39, 0.29) is 18.0 Å². The summed E-state index contributed by atoms with van der Waals surface area (Å²) in [5, 5.41) is 15.0. The highest BCUT2D eigenvalue weighted by Gasteiger charge is 2.18. The highest BCUT2D eigenvalue weighted by molar-refractivity contribution is 5.76. The van der Waals surface area contributed by atoms with E-state index in [1.165, 1.54) is 4.80 Å². The molecule has 0 saturated heterocycles. The Bertz CT molecular complexity index is 634. The molecule has 0 aliphatic carbocycles. The van der Waals surface area contributed by atoms with Gasteiger partial charge in [-0.1, -0.05) is 6.92 Å². The summed E-state index contributed by atoms with van der Waals surface area (Å²) < 4.78 is 5.11. The molecular formula is C15H21N5O2. The van der Waals surface area contributed by atoms with Crippen molar-refractivity contribution in [3.05, 3.63) is 24.3 Å². The summed E-state index contributed by atoms with van der Waals surface area (Å²) >= 11 is 0. The number of rotatable bonds is 6. The number of hydrogen-bond donors (Lipinski definition) is 1. The zero-order chi connectivity index (χ0) is 16.2. The van der Waals surface area contributed by atoms with Gasteiger partial charge in [-0.05, 0) is 49.7 Å². The Kier molecular flexibility index (Phi) is 4.75. The van der Waals surface area contributed by atoms with Crippen LogP contribution in [0.3, 0.4) is 0 Å². The van der Waals surface area contributed by atoms with Crippen LogP contribution in [0, 0.1) is 0 Å². The van der Waals surface area contributed by atoms with Crippen molar-refractivity contribution in [2.75, 3.05) is 7.11 Å². The highest BCUT2D eigenvalue weighted by Crippen LogP contribution is 2.18. The molecule has 0 radical (unpaired) electrons. The molecule has 0 bridgehead atoms. The van der Waals surface area contributed by atoms with Crippen LogP contribution in [0.25, 0.3) is 11.4 Å². The highest BCUT2D eigenvalue weighted by atomic mass is 16.5. The Morgan fingerprint density at radius 1 is 1.32 bits per heavy atom.